The van der Waals surface area contributed by atoms with E-state index in [1.54, 1.807) is 18.5 Å². The van der Waals surface area contributed by atoms with Gasteiger partial charge in [0.05, 0.1) is 11.6 Å². The van der Waals surface area contributed by atoms with Crippen LogP contribution in [0.25, 0.3) is 11.5 Å². The van der Waals surface area contributed by atoms with Gasteiger partial charge in [0.25, 0.3) is 5.91 Å². The van der Waals surface area contributed by atoms with Crippen LogP contribution in [0, 0.1) is 26.7 Å². The number of aryl methyl sites for hydroxylation is 3. The number of carbonyl (C=O) groups excluding carboxylic acids is 1. The van der Waals surface area contributed by atoms with Crippen LogP contribution in [0.5, 0.6) is 6.01 Å². The van der Waals surface area contributed by atoms with E-state index in [9.17, 15) is 4.79 Å². The van der Waals surface area contributed by atoms with Gasteiger partial charge in [-0.15, -0.1) is 0 Å². The van der Waals surface area contributed by atoms with Crippen LogP contribution in [0.2, 0.25) is 0 Å². The second-order valence-corrected chi connectivity index (χ2v) is 8.37. The van der Waals surface area contributed by atoms with Gasteiger partial charge in [-0.05, 0) is 63.8 Å². The number of nitrogens with zero attached hydrogens (tertiary/aromatic N) is 6. The number of piperidine rings is 1. The maximum absolute atomic E-state index is 13.6. The molecule has 5 rings (SSSR count). The first kappa shape index (κ1) is 19.5. The number of rotatable bonds is 4. The van der Waals surface area contributed by atoms with Crippen molar-refractivity contribution >= 4 is 5.91 Å². The van der Waals surface area contributed by atoms with Crippen molar-refractivity contribution in [3.05, 3.63) is 59.3 Å². The number of pyridine rings is 1. The monoisotopic (exact) mass is 416 g/mol. The van der Waals surface area contributed by atoms with Crippen molar-refractivity contribution in [3.8, 4) is 17.5 Å². The fourth-order valence-corrected chi connectivity index (χ4v) is 4.68. The number of hydrogen-bond donors (Lipinski definition) is 0. The molecule has 2 aliphatic rings. The Hall–Kier alpha value is -3.42. The molecule has 2 fully saturated rings. The number of ether oxygens (including phenoxy) is 1. The largest absolute Gasteiger partial charge is 0.458 e. The van der Waals surface area contributed by atoms with E-state index in [1.165, 1.54) is 0 Å². The molecule has 3 unspecified atom stereocenters. The molecular formula is C23H24N6O2. The van der Waals surface area contributed by atoms with Gasteiger partial charge in [-0.2, -0.15) is 0 Å². The zero-order valence-corrected chi connectivity index (χ0v) is 17.8. The summed E-state index contributed by atoms with van der Waals surface area (Å²) in [5.41, 5.74) is 3.60. The lowest BCUT2D eigenvalue weighted by molar-refractivity contribution is 0.0452. The summed E-state index contributed by atoms with van der Waals surface area (Å²) >= 11 is 0. The lowest BCUT2D eigenvalue weighted by atomic mass is 10.1. The van der Waals surface area contributed by atoms with E-state index in [4.69, 9.17) is 4.74 Å². The SMILES string of the molecule is Cc1cc(C)nc(OC2CC3CC2N(C(=O)c2ccc(C)nc2-c2ncccn2)C3)n1. The molecule has 31 heavy (non-hydrogen) atoms. The molecule has 1 saturated heterocycles. The average Bonchev–Trinajstić information content (AvgIpc) is 3.34. The summed E-state index contributed by atoms with van der Waals surface area (Å²) in [6.07, 6.45) is 5.04. The van der Waals surface area contributed by atoms with E-state index < -0.39 is 0 Å². The Morgan fingerprint density at radius 1 is 1.00 bits per heavy atom. The van der Waals surface area contributed by atoms with E-state index in [2.05, 4.69) is 24.9 Å². The van der Waals surface area contributed by atoms with Crippen molar-refractivity contribution in [2.45, 2.75) is 45.8 Å². The van der Waals surface area contributed by atoms with Gasteiger partial charge in [0.2, 0.25) is 0 Å². The number of aromatic nitrogens is 5. The Morgan fingerprint density at radius 3 is 2.45 bits per heavy atom. The van der Waals surface area contributed by atoms with Gasteiger partial charge in [-0.3, -0.25) is 4.79 Å². The molecule has 0 aromatic carbocycles. The molecule has 4 heterocycles. The summed E-state index contributed by atoms with van der Waals surface area (Å²) in [7, 11) is 0. The van der Waals surface area contributed by atoms with E-state index in [-0.39, 0.29) is 18.1 Å². The normalized spacial score (nSPS) is 22.0. The maximum atomic E-state index is 13.6. The smallest absolute Gasteiger partial charge is 0.317 e. The van der Waals surface area contributed by atoms with Crippen LogP contribution in [-0.4, -0.2) is 54.4 Å². The van der Waals surface area contributed by atoms with E-state index in [0.29, 0.717) is 29.0 Å². The third kappa shape index (κ3) is 3.73. The Balaban J connectivity index is 1.42. The number of amides is 1. The summed E-state index contributed by atoms with van der Waals surface area (Å²) < 4.78 is 6.16. The summed E-state index contributed by atoms with van der Waals surface area (Å²) in [5, 5.41) is 0. The highest BCUT2D eigenvalue weighted by atomic mass is 16.5. The van der Waals surface area contributed by atoms with Crippen LogP contribution >= 0.6 is 0 Å². The highest BCUT2D eigenvalue weighted by molar-refractivity contribution is 5.99. The van der Waals surface area contributed by atoms with Crippen molar-refractivity contribution in [3.63, 3.8) is 0 Å². The van der Waals surface area contributed by atoms with Crippen LogP contribution in [0.3, 0.4) is 0 Å². The number of fused-ring (bicyclic) bond motifs is 2. The van der Waals surface area contributed by atoms with Crippen molar-refractivity contribution < 1.29 is 9.53 Å². The number of likely N-dealkylation sites (tertiary alicyclic amines) is 1. The molecule has 1 amide bonds. The molecule has 3 aromatic rings. The molecule has 0 N–H and O–H groups in total. The van der Waals surface area contributed by atoms with Crippen LogP contribution in [-0.2, 0) is 0 Å². The first-order chi connectivity index (χ1) is 15.0. The Kier molecular flexibility index (Phi) is 4.84. The van der Waals surface area contributed by atoms with Gasteiger partial charge in [-0.25, -0.2) is 24.9 Å². The molecule has 1 saturated carbocycles. The summed E-state index contributed by atoms with van der Waals surface area (Å²) in [5.74, 6) is 0.812. The zero-order chi connectivity index (χ0) is 21.5. The van der Waals surface area contributed by atoms with Gasteiger partial charge < -0.3 is 9.64 Å². The molecule has 1 aliphatic carbocycles. The fraction of sp³-hybridized carbons (Fsp3) is 0.391. The second kappa shape index (κ2) is 7.68. The Labute approximate surface area is 180 Å². The molecule has 3 aromatic heterocycles. The van der Waals surface area contributed by atoms with E-state index in [1.807, 2.05) is 43.9 Å². The highest BCUT2D eigenvalue weighted by Crippen LogP contribution is 2.40. The van der Waals surface area contributed by atoms with Gasteiger partial charge in [0.1, 0.15) is 11.8 Å². The minimum Gasteiger partial charge on any atom is -0.458 e. The lowest BCUT2D eigenvalue weighted by Crippen LogP contribution is -2.47. The summed E-state index contributed by atoms with van der Waals surface area (Å²) in [6.45, 7) is 6.47. The van der Waals surface area contributed by atoms with Crippen LogP contribution in [0.1, 0.15) is 40.3 Å². The Bertz CT molecular complexity index is 1120. The first-order valence-electron chi connectivity index (χ1n) is 10.5. The van der Waals surface area contributed by atoms with Crippen molar-refractivity contribution in [2.75, 3.05) is 6.54 Å². The first-order valence-corrected chi connectivity index (χ1v) is 10.5. The third-order valence-corrected chi connectivity index (χ3v) is 5.95. The molecule has 1 aliphatic heterocycles. The van der Waals surface area contributed by atoms with Gasteiger partial charge in [0, 0.05) is 36.0 Å². The topological polar surface area (TPSA) is 94.0 Å². The molecule has 8 heteroatoms. The standard InChI is InChI=1S/C23H24N6O2/c1-13-5-6-17(20(26-13)21-24-7-4-8-25-21)22(30)29-12-16-10-18(29)19(11-16)31-23-27-14(2)9-15(3)28-23/h4-9,16,18-19H,10-12H2,1-3H3. The van der Waals surface area contributed by atoms with Crippen LogP contribution in [0.4, 0.5) is 0 Å². The van der Waals surface area contributed by atoms with E-state index >= 15 is 0 Å². The molecule has 0 radical (unpaired) electrons. The minimum absolute atomic E-state index is 0.00670. The summed E-state index contributed by atoms with van der Waals surface area (Å²) in [4.78, 5) is 37.5. The van der Waals surface area contributed by atoms with Crippen LogP contribution in [0.15, 0.2) is 36.7 Å². The highest BCUT2D eigenvalue weighted by Gasteiger charge is 2.49. The van der Waals surface area contributed by atoms with Gasteiger partial charge in [-0.1, -0.05) is 0 Å². The molecule has 0 spiro atoms. The minimum atomic E-state index is -0.112. The average molecular weight is 416 g/mol. The zero-order valence-electron chi connectivity index (χ0n) is 17.8. The van der Waals surface area contributed by atoms with Crippen molar-refractivity contribution in [1.82, 2.24) is 29.8 Å². The second-order valence-electron chi connectivity index (χ2n) is 8.37. The Morgan fingerprint density at radius 2 is 1.74 bits per heavy atom. The summed E-state index contributed by atoms with van der Waals surface area (Å²) in [6, 6.07) is 7.72. The predicted molar refractivity (Wildman–Crippen MR) is 113 cm³/mol. The van der Waals surface area contributed by atoms with Crippen molar-refractivity contribution in [2.24, 2.45) is 5.92 Å². The van der Waals surface area contributed by atoms with Crippen molar-refractivity contribution in [1.29, 1.82) is 0 Å². The maximum Gasteiger partial charge on any atom is 0.317 e. The molecule has 158 valence electrons. The molecular weight excluding hydrogens is 392 g/mol. The fourth-order valence-electron chi connectivity index (χ4n) is 4.68. The predicted octanol–water partition coefficient (Wildman–Crippen LogP) is 2.94. The molecule has 2 bridgehead atoms. The van der Waals surface area contributed by atoms with Gasteiger partial charge >= 0.3 is 6.01 Å². The van der Waals surface area contributed by atoms with Crippen LogP contribution < -0.4 is 4.74 Å². The molecule has 8 nitrogen and oxygen atoms in total. The lowest BCUT2D eigenvalue weighted by Gasteiger charge is -2.33. The molecule has 3 atom stereocenters. The number of hydrogen-bond acceptors (Lipinski definition) is 7. The number of carbonyl (C=O) groups is 1. The van der Waals surface area contributed by atoms with Gasteiger partial charge in [0.15, 0.2) is 5.82 Å². The quantitative estimate of drug-likeness (QED) is 0.645. The van der Waals surface area contributed by atoms with E-state index in [0.717, 1.165) is 36.5 Å². The third-order valence-electron chi connectivity index (χ3n) is 5.95.